The molecule has 4 heteroatoms. The molecule has 1 unspecified atom stereocenters. The van der Waals surface area contributed by atoms with E-state index in [1.54, 1.807) is 0 Å². The molecule has 0 aromatic rings. The molecule has 21 heavy (non-hydrogen) atoms. The van der Waals surface area contributed by atoms with Gasteiger partial charge in [-0.1, -0.05) is 39.0 Å². The molecule has 0 saturated carbocycles. The number of hydrogen-bond acceptors (Lipinski definition) is 3. The minimum atomic E-state index is -1.79. The molecule has 0 aromatic carbocycles. The van der Waals surface area contributed by atoms with Crippen molar-refractivity contribution < 1.29 is 14.3 Å². The van der Waals surface area contributed by atoms with Crippen molar-refractivity contribution in [2.45, 2.75) is 77.2 Å². The van der Waals surface area contributed by atoms with Crippen molar-refractivity contribution in [3.05, 3.63) is 23.8 Å². The summed E-state index contributed by atoms with van der Waals surface area (Å²) in [5.74, 6) is 0.270. The molecule has 1 fully saturated rings. The minimum Gasteiger partial charge on any atom is -0.410 e. The number of aliphatic hydroxyl groups excluding tert-OH is 1. The number of rotatable bonds is 2. The average molecular weight is 311 g/mol. The summed E-state index contributed by atoms with van der Waals surface area (Å²) in [7, 11) is -1.79. The van der Waals surface area contributed by atoms with Gasteiger partial charge < -0.3 is 14.3 Å². The molecule has 1 N–H and O–H groups in total. The summed E-state index contributed by atoms with van der Waals surface area (Å²) in [6, 6.07) is 0. The molecule has 0 radical (unpaired) electrons. The van der Waals surface area contributed by atoms with Gasteiger partial charge in [-0.05, 0) is 37.0 Å². The van der Waals surface area contributed by atoms with Crippen LogP contribution >= 0.6 is 0 Å². The third-order valence-corrected chi connectivity index (χ3v) is 9.80. The van der Waals surface area contributed by atoms with Crippen LogP contribution < -0.4 is 0 Å². The summed E-state index contributed by atoms with van der Waals surface area (Å²) < 4.78 is 12.2. The molecule has 0 amide bonds. The first kappa shape index (κ1) is 16.9. The molecule has 2 aliphatic rings. The van der Waals surface area contributed by atoms with Crippen molar-refractivity contribution in [3.8, 4) is 0 Å². The van der Waals surface area contributed by atoms with Crippen LogP contribution in [0.2, 0.25) is 18.1 Å². The molecule has 0 aromatic heterocycles. The highest BCUT2D eigenvalue weighted by atomic mass is 28.4. The summed E-state index contributed by atoms with van der Waals surface area (Å²) in [5, 5.41) is 9.94. The Morgan fingerprint density at radius 3 is 2.57 bits per heavy atom. The van der Waals surface area contributed by atoms with Crippen molar-refractivity contribution in [1.82, 2.24) is 0 Å². The Balaban J connectivity index is 2.17. The van der Waals surface area contributed by atoms with Crippen LogP contribution in [0, 0.1) is 5.92 Å². The number of fused-ring (bicyclic) bond motifs is 1. The smallest absolute Gasteiger partial charge is 0.192 e. The molecule has 1 aliphatic carbocycles. The maximum absolute atomic E-state index is 9.73. The highest BCUT2D eigenvalue weighted by molar-refractivity contribution is 6.74. The number of hydrogen-bond donors (Lipinski definition) is 1. The zero-order valence-electron chi connectivity index (χ0n) is 14.3. The Bertz CT molecular complexity index is 447. The lowest BCUT2D eigenvalue weighted by Crippen LogP contribution is -2.47. The lowest BCUT2D eigenvalue weighted by Gasteiger charge is -2.45. The second kappa shape index (κ2) is 5.65. The highest BCUT2D eigenvalue weighted by Crippen LogP contribution is 2.42. The predicted octanol–water partition coefficient (Wildman–Crippen LogP) is 4.01. The SMILES string of the molecule is C=C1CC(O)O[C@@H]2C=C(C)[C@H](O[Si](C)(C)C(C)(C)C)C[C@H]12. The van der Waals surface area contributed by atoms with Crippen LogP contribution in [0.1, 0.15) is 40.5 Å². The van der Waals surface area contributed by atoms with Gasteiger partial charge in [0, 0.05) is 12.3 Å². The summed E-state index contributed by atoms with van der Waals surface area (Å²) in [6.45, 7) is 17.6. The fourth-order valence-corrected chi connectivity index (χ4v) is 4.19. The maximum atomic E-state index is 9.73. The minimum absolute atomic E-state index is 0.0412. The fourth-order valence-electron chi connectivity index (χ4n) is 2.84. The molecular formula is C17H30O3Si. The molecule has 2 rings (SSSR count). The highest BCUT2D eigenvalue weighted by Gasteiger charge is 2.43. The Hall–Kier alpha value is -0.423. The molecule has 0 spiro atoms. The van der Waals surface area contributed by atoms with Crippen molar-refractivity contribution in [2.24, 2.45) is 5.92 Å². The molecular weight excluding hydrogens is 280 g/mol. The van der Waals surface area contributed by atoms with E-state index in [-0.39, 0.29) is 23.2 Å². The van der Waals surface area contributed by atoms with Gasteiger partial charge in [0.25, 0.3) is 0 Å². The van der Waals surface area contributed by atoms with Gasteiger partial charge in [0.1, 0.15) is 0 Å². The summed E-state index contributed by atoms with van der Waals surface area (Å²) in [4.78, 5) is 0. The van der Waals surface area contributed by atoms with Gasteiger partial charge in [0.2, 0.25) is 0 Å². The molecule has 3 nitrogen and oxygen atoms in total. The van der Waals surface area contributed by atoms with Gasteiger partial charge in [-0.2, -0.15) is 0 Å². The van der Waals surface area contributed by atoms with Gasteiger partial charge in [0.15, 0.2) is 14.6 Å². The van der Waals surface area contributed by atoms with E-state index in [4.69, 9.17) is 9.16 Å². The van der Waals surface area contributed by atoms with Crippen LogP contribution in [0.5, 0.6) is 0 Å². The van der Waals surface area contributed by atoms with Gasteiger partial charge in [0.05, 0.1) is 12.2 Å². The second-order valence-corrected chi connectivity index (χ2v) is 12.8. The summed E-state index contributed by atoms with van der Waals surface area (Å²) >= 11 is 0. The molecule has 1 saturated heterocycles. The molecule has 120 valence electrons. The normalized spacial score (nSPS) is 34.4. The number of aliphatic hydroxyl groups is 1. The largest absolute Gasteiger partial charge is 0.410 e. The van der Waals surface area contributed by atoms with Crippen LogP contribution in [-0.2, 0) is 9.16 Å². The van der Waals surface area contributed by atoms with Crippen LogP contribution in [0.3, 0.4) is 0 Å². The van der Waals surface area contributed by atoms with Crippen molar-refractivity contribution in [2.75, 3.05) is 0 Å². The third-order valence-electron chi connectivity index (χ3n) is 5.32. The van der Waals surface area contributed by atoms with Crippen molar-refractivity contribution in [3.63, 3.8) is 0 Å². The lowest BCUT2D eigenvalue weighted by atomic mass is 9.79. The van der Waals surface area contributed by atoms with Gasteiger partial charge in [-0.25, -0.2) is 0 Å². The maximum Gasteiger partial charge on any atom is 0.192 e. The van der Waals surface area contributed by atoms with Gasteiger partial charge >= 0.3 is 0 Å². The van der Waals surface area contributed by atoms with E-state index in [0.717, 1.165) is 12.0 Å². The molecule has 1 aliphatic heterocycles. The van der Waals surface area contributed by atoms with E-state index < -0.39 is 14.6 Å². The van der Waals surface area contributed by atoms with E-state index in [1.807, 2.05) is 0 Å². The molecule has 1 heterocycles. The van der Waals surface area contributed by atoms with E-state index in [0.29, 0.717) is 6.42 Å². The Morgan fingerprint density at radius 1 is 1.38 bits per heavy atom. The lowest BCUT2D eigenvalue weighted by molar-refractivity contribution is -0.155. The standard InChI is InChI=1S/C17H30O3Si/c1-11-9-16(18)19-15-8-12(2)14(10-13(11)15)20-21(6,7)17(3,4)5/h8,13-16,18H,1,9-10H2,2-7H3/t13-,14-,15-,16?/m1/s1. The van der Waals surface area contributed by atoms with Gasteiger partial charge in [-0.3, -0.25) is 0 Å². The quantitative estimate of drug-likeness (QED) is 0.619. The van der Waals surface area contributed by atoms with E-state index in [1.165, 1.54) is 5.57 Å². The van der Waals surface area contributed by atoms with Crippen molar-refractivity contribution in [1.29, 1.82) is 0 Å². The van der Waals surface area contributed by atoms with Gasteiger partial charge in [-0.15, -0.1) is 0 Å². The first-order valence-electron chi connectivity index (χ1n) is 7.88. The van der Waals surface area contributed by atoms with E-state index in [2.05, 4.69) is 53.4 Å². The molecule has 0 bridgehead atoms. The Labute approximate surface area is 130 Å². The Morgan fingerprint density at radius 2 is 2.00 bits per heavy atom. The predicted molar refractivity (Wildman–Crippen MR) is 88.6 cm³/mol. The topological polar surface area (TPSA) is 38.7 Å². The first-order chi connectivity index (χ1) is 9.51. The zero-order chi connectivity index (χ0) is 16.0. The van der Waals surface area contributed by atoms with E-state index >= 15 is 0 Å². The Kier molecular flexibility index (Phi) is 4.56. The summed E-state index contributed by atoms with van der Waals surface area (Å²) in [6.07, 6.45) is 3.00. The van der Waals surface area contributed by atoms with E-state index in [9.17, 15) is 5.11 Å². The van der Waals surface area contributed by atoms with Crippen LogP contribution in [0.25, 0.3) is 0 Å². The monoisotopic (exact) mass is 310 g/mol. The second-order valence-electron chi connectivity index (χ2n) is 8.04. The number of ether oxygens (including phenoxy) is 1. The van der Waals surface area contributed by atoms with Crippen LogP contribution in [-0.4, -0.2) is 31.9 Å². The van der Waals surface area contributed by atoms with Crippen LogP contribution in [0.4, 0.5) is 0 Å². The molecule has 4 atom stereocenters. The third kappa shape index (κ3) is 3.50. The van der Waals surface area contributed by atoms with Crippen LogP contribution in [0.15, 0.2) is 23.8 Å². The fraction of sp³-hybridized carbons (Fsp3) is 0.765. The van der Waals surface area contributed by atoms with Crippen molar-refractivity contribution >= 4 is 8.32 Å². The average Bonchev–Trinajstić information content (AvgIpc) is 2.29. The summed E-state index contributed by atoms with van der Waals surface area (Å²) in [5.41, 5.74) is 2.31. The first-order valence-corrected chi connectivity index (χ1v) is 10.8. The zero-order valence-corrected chi connectivity index (χ0v) is 15.3.